The summed E-state index contributed by atoms with van der Waals surface area (Å²) in [5.74, 6) is -1.36. The van der Waals surface area contributed by atoms with Crippen LogP contribution < -0.4 is 5.32 Å². The molecule has 0 radical (unpaired) electrons. The molecule has 0 aliphatic heterocycles. The van der Waals surface area contributed by atoms with Gasteiger partial charge in [-0.2, -0.15) is 0 Å². The van der Waals surface area contributed by atoms with Gasteiger partial charge in [-0.25, -0.2) is 9.37 Å². The molecule has 0 aliphatic rings. The van der Waals surface area contributed by atoms with Crippen molar-refractivity contribution < 1.29 is 9.18 Å². The first-order chi connectivity index (χ1) is 11.5. The molecule has 1 amide bonds. The van der Waals surface area contributed by atoms with Crippen LogP contribution in [0.2, 0.25) is 15.1 Å². The van der Waals surface area contributed by atoms with Crippen LogP contribution >= 0.6 is 46.1 Å². The summed E-state index contributed by atoms with van der Waals surface area (Å²) in [5.41, 5.74) is 1.04. The van der Waals surface area contributed by atoms with Gasteiger partial charge in [0.15, 0.2) is 5.13 Å². The van der Waals surface area contributed by atoms with Gasteiger partial charge in [-0.3, -0.25) is 10.1 Å². The first-order valence-electron chi connectivity index (χ1n) is 6.62. The normalized spacial score (nSPS) is 10.7. The molecule has 3 aromatic rings. The molecule has 3 nitrogen and oxygen atoms in total. The van der Waals surface area contributed by atoms with Gasteiger partial charge in [0.25, 0.3) is 5.91 Å². The second kappa shape index (κ2) is 7.07. The maximum Gasteiger partial charge on any atom is 0.261 e. The maximum atomic E-state index is 13.8. The van der Waals surface area contributed by atoms with Crippen molar-refractivity contribution in [2.45, 2.75) is 0 Å². The number of thiazole rings is 1. The predicted octanol–water partition coefficient (Wildman–Crippen LogP) is 6.16. The fraction of sp³-hybridized carbons (Fsp3) is 0. The number of halogens is 4. The summed E-state index contributed by atoms with van der Waals surface area (Å²) in [4.78, 5) is 16.5. The zero-order valence-electron chi connectivity index (χ0n) is 11.8. The number of anilines is 1. The Morgan fingerprint density at radius 1 is 1.12 bits per heavy atom. The minimum absolute atomic E-state index is 0.0324. The van der Waals surface area contributed by atoms with Crippen LogP contribution in [0.15, 0.2) is 41.8 Å². The Hall–Kier alpha value is -1.66. The number of amides is 1. The van der Waals surface area contributed by atoms with Crippen LogP contribution in [0.5, 0.6) is 0 Å². The van der Waals surface area contributed by atoms with E-state index in [1.807, 2.05) is 0 Å². The zero-order valence-corrected chi connectivity index (χ0v) is 14.9. The monoisotopic (exact) mass is 400 g/mol. The molecule has 8 heteroatoms. The third kappa shape index (κ3) is 3.54. The number of hydrogen-bond donors (Lipinski definition) is 1. The zero-order chi connectivity index (χ0) is 17.3. The summed E-state index contributed by atoms with van der Waals surface area (Å²) in [6, 6.07) is 9.08. The Morgan fingerprint density at radius 3 is 2.62 bits per heavy atom. The third-order valence-electron chi connectivity index (χ3n) is 3.12. The Bertz CT molecular complexity index is 909. The molecule has 0 fully saturated rings. The van der Waals surface area contributed by atoms with Gasteiger partial charge in [-0.15, -0.1) is 11.3 Å². The minimum Gasteiger partial charge on any atom is -0.298 e. The van der Waals surface area contributed by atoms with E-state index < -0.39 is 11.7 Å². The summed E-state index contributed by atoms with van der Waals surface area (Å²) < 4.78 is 13.8. The molecule has 1 heterocycles. The van der Waals surface area contributed by atoms with Crippen LogP contribution in [0.4, 0.5) is 9.52 Å². The number of carbonyl (C=O) groups is 1. The Labute approximate surface area is 156 Å². The average Bonchev–Trinajstić information content (AvgIpc) is 2.95. The van der Waals surface area contributed by atoms with Gasteiger partial charge >= 0.3 is 0 Å². The summed E-state index contributed by atoms with van der Waals surface area (Å²) in [7, 11) is 0. The standard InChI is InChI=1S/C16H8Cl3FN2OS/c17-8-4-5-9(11(19)6-8)13-7-24-16(21-13)22-15(23)14-10(18)2-1-3-12(14)20/h1-7H,(H,21,22,23). The van der Waals surface area contributed by atoms with Crippen molar-refractivity contribution in [1.82, 2.24) is 4.98 Å². The van der Waals surface area contributed by atoms with E-state index in [1.165, 1.54) is 29.5 Å². The van der Waals surface area contributed by atoms with Crippen molar-refractivity contribution in [3.63, 3.8) is 0 Å². The first kappa shape index (κ1) is 17.2. The quantitative estimate of drug-likeness (QED) is 0.571. The number of rotatable bonds is 3. The largest absolute Gasteiger partial charge is 0.298 e. The van der Waals surface area contributed by atoms with Gasteiger partial charge in [-0.1, -0.05) is 40.9 Å². The van der Waals surface area contributed by atoms with Crippen LogP contribution in [0.1, 0.15) is 10.4 Å². The SMILES string of the molecule is O=C(Nc1nc(-c2ccc(Cl)cc2Cl)cs1)c1c(F)cccc1Cl. The number of aromatic nitrogens is 1. The fourth-order valence-corrected chi connectivity index (χ4v) is 3.49. The molecule has 122 valence electrons. The number of nitrogens with one attached hydrogen (secondary N) is 1. The highest BCUT2D eigenvalue weighted by Gasteiger charge is 2.17. The molecule has 3 rings (SSSR count). The van der Waals surface area contributed by atoms with E-state index in [4.69, 9.17) is 34.8 Å². The molecular formula is C16H8Cl3FN2OS. The number of benzene rings is 2. The van der Waals surface area contributed by atoms with Crippen LogP contribution in [-0.4, -0.2) is 10.9 Å². The molecular weight excluding hydrogens is 394 g/mol. The van der Waals surface area contributed by atoms with Crippen molar-refractivity contribution in [3.05, 3.63) is 68.2 Å². The molecule has 0 spiro atoms. The predicted molar refractivity (Wildman–Crippen MR) is 96.9 cm³/mol. The third-order valence-corrected chi connectivity index (χ3v) is 4.74. The van der Waals surface area contributed by atoms with Crippen LogP contribution in [0.3, 0.4) is 0 Å². The number of nitrogens with zero attached hydrogens (tertiary/aromatic N) is 1. The first-order valence-corrected chi connectivity index (χ1v) is 8.63. The van der Waals surface area contributed by atoms with E-state index in [1.54, 1.807) is 23.6 Å². The highest BCUT2D eigenvalue weighted by Crippen LogP contribution is 2.32. The van der Waals surface area contributed by atoms with E-state index in [9.17, 15) is 9.18 Å². The second-order valence-corrected chi connectivity index (χ2v) is 6.82. The van der Waals surface area contributed by atoms with Gasteiger partial charge in [0.1, 0.15) is 5.82 Å². The lowest BCUT2D eigenvalue weighted by Crippen LogP contribution is -2.14. The van der Waals surface area contributed by atoms with Crippen molar-refractivity contribution in [1.29, 1.82) is 0 Å². The molecule has 24 heavy (non-hydrogen) atoms. The molecule has 1 N–H and O–H groups in total. The topological polar surface area (TPSA) is 42.0 Å². The van der Waals surface area contributed by atoms with Gasteiger partial charge < -0.3 is 0 Å². The Balaban J connectivity index is 1.85. The molecule has 0 saturated carbocycles. The molecule has 0 aliphatic carbocycles. The summed E-state index contributed by atoms with van der Waals surface area (Å²) >= 11 is 19.1. The van der Waals surface area contributed by atoms with Crippen LogP contribution in [0, 0.1) is 5.82 Å². The van der Waals surface area contributed by atoms with Crippen molar-refractivity contribution in [3.8, 4) is 11.3 Å². The minimum atomic E-state index is -0.697. The highest BCUT2D eigenvalue weighted by atomic mass is 35.5. The molecule has 0 saturated heterocycles. The smallest absolute Gasteiger partial charge is 0.261 e. The lowest BCUT2D eigenvalue weighted by molar-refractivity contribution is 0.102. The van der Waals surface area contributed by atoms with Crippen LogP contribution in [-0.2, 0) is 0 Å². The lowest BCUT2D eigenvalue weighted by atomic mass is 10.2. The fourth-order valence-electron chi connectivity index (χ4n) is 2.03. The Morgan fingerprint density at radius 2 is 1.92 bits per heavy atom. The van der Waals surface area contributed by atoms with Gasteiger partial charge in [0, 0.05) is 16.0 Å². The molecule has 0 bridgehead atoms. The van der Waals surface area contributed by atoms with Gasteiger partial charge in [0.2, 0.25) is 0 Å². The van der Waals surface area contributed by atoms with Gasteiger partial charge in [-0.05, 0) is 30.3 Å². The van der Waals surface area contributed by atoms with E-state index in [0.29, 0.717) is 26.4 Å². The molecule has 0 atom stereocenters. The summed E-state index contributed by atoms with van der Waals surface area (Å²) in [6.07, 6.45) is 0. The van der Waals surface area contributed by atoms with E-state index >= 15 is 0 Å². The van der Waals surface area contributed by atoms with E-state index in [2.05, 4.69) is 10.3 Å². The van der Waals surface area contributed by atoms with Crippen molar-refractivity contribution in [2.24, 2.45) is 0 Å². The van der Waals surface area contributed by atoms with Crippen molar-refractivity contribution in [2.75, 3.05) is 5.32 Å². The average molecular weight is 402 g/mol. The number of hydrogen-bond acceptors (Lipinski definition) is 3. The Kier molecular flexibility index (Phi) is 5.06. The van der Waals surface area contributed by atoms with E-state index in [-0.39, 0.29) is 10.6 Å². The van der Waals surface area contributed by atoms with E-state index in [0.717, 1.165) is 0 Å². The summed E-state index contributed by atoms with van der Waals surface area (Å²) in [6.45, 7) is 0. The summed E-state index contributed by atoms with van der Waals surface area (Å²) in [5, 5.41) is 5.57. The highest BCUT2D eigenvalue weighted by molar-refractivity contribution is 7.14. The maximum absolute atomic E-state index is 13.8. The lowest BCUT2D eigenvalue weighted by Gasteiger charge is -2.05. The molecule has 1 aromatic heterocycles. The second-order valence-electron chi connectivity index (χ2n) is 4.71. The molecule has 2 aromatic carbocycles. The van der Waals surface area contributed by atoms with Gasteiger partial charge in [0.05, 0.1) is 21.3 Å². The van der Waals surface area contributed by atoms with Crippen LogP contribution in [0.25, 0.3) is 11.3 Å². The number of carbonyl (C=O) groups excluding carboxylic acids is 1. The molecule has 0 unspecified atom stereocenters. The van der Waals surface area contributed by atoms with Crippen molar-refractivity contribution >= 4 is 57.2 Å².